The second-order valence-electron chi connectivity index (χ2n) is 7.07. The van der Waals surface area contributed by atoms with Crippen LogP contribution < -0.4 is 5.73 Å². The van der Waals surface area contributed by atoms with Gasteiger partial charge in [0.15, 0.2) is 0 Å². The molecule has 1 aromatic carbocycles. The maximum absolute atomic E-state index is 12.8. The summed E-state index contributed by atoms with van der Waals surface area (Å²) in [6, 6.07) is 6.60. The standard InChI is InChI=1S/C18H24N2O/c19-17-6-2-5-15-10-20(11-16(15)17)18(21)14-8-7-12-3-1-4-13(12)9-14/h7-9,15-17H,1-6,10-11,19H2. The second-order valence-corrected chi connectivity index (χ2v) is 7.07. The summed E-state index contributed by atoms with van der Waals surface area (Å²) < 4.78 is 0. The van der Waals surface area contributed by atoms with E-state index in [9.17, 15) is 4.79 Å². The van der Waals surface area contributed by atoms with Gasteiger partial charge in [-0.25, -0.2) is 0 Å². The number of carbonyl (C=O) groups is 1. The Hall–Kier alpha value is -1.35. The normalized spacial score (nSPS) is 31.1. The lowest BCUT2D eigenvalue weighted by Gasteiger charge is -2.29. The first kappa shape index (κ1) is 13.3. The average molecular weight is 284 g/mol. The predicted octanol–water partition coefficient (Wildman–Crippen LogP) is 2.37. The molecule has 112 valence electrons. The number of rotatable bonds is 1. The van der Waals surface area contributed by atoms with Crippen LogP contribution in [0.25, 0.3) is 0 Å². The van der Waals surface area contributed by atoms with E-state index in [1.54, 1.807) is 0 Å². The van der Waals surface area contributed by atoms with Crippen molar-refractivity contribution >= 4 is 5.91 Å². The molecule has 3 aliphatic rings. The minimum atomic E-state index is 0.214. The average Bonchev–Trinajstić information content (AvgIpc) is 3.12. The van der Waals surface area contributed by atoms with Gasteiger partial charge in [0, 0.05) is 24.7 Å². The van der Waals surface area contributed by atoms with Gasteiger partial charge in [0.25, 0.3) is 5.91 Å². The zero-order chi connectivity index (χ0) is 14.4. The summed E-state index contributed by atoms with van der Waals surface area (Å²) in [5.74, 6) is 1.37. The fourth-order valence-electron chi connectivity index (χ4n) is 4.57. The van der Waals surface area contributed by atoms with E-state index >= 15 is 0 Å². The van der Waals surface area contributed by atoms with Crippen LogP contribution in [0.1, 0.15) is 47.2 Å². The highest BCUT2D eigenvalue weighted by Crippen LogP contribution is 2.36. The number of fused-ring (bicyclic) bond motifs is 2. The van der Waals surface area contributed by atoms with Crippen molar-refractivity contribution in [2.75, 3.05) is 13.1 Å². The molecule has 3 atom stereocenters. The maximum atomic E-state index is 12.8. The third-order valence-corrected chi connectivity index (χ3v) is 5.79. The van der Waals surface area contributed by atoms with Crippen molar-refractivity contribution in [3.05, 3.63) is 34.9 Å². The van der Waals surface area contributed by atoms with Crippen LogP contribution in [-0.2, 0) is 12.8 Å². The summed E-state index contributed by atoms with van der Waals surface area (Å²) in [6.07, 6.45) is 7.13. The van der Waals surface area contributed by atoms with Crippen LogP contribution in [-0.4, -0.2) is 29.9 Å². The van der Waals surface area contributed by atoms with E-state index < -0.39 is 0 Å². The smallest absolute Gasteiger partial charge is 0.253 e. The first-order chi connectivity index (χ1) is 10.2. The van der Waals surface area contributed by atoms with E-state index in [0.29, 0.717) is 17.9 Å². The third kappa shape index (κ3) is 2.28. The van der Waals surface area contributed by atoms with Gasteiger partial charge in [-0.05, 0) is 67.2 Å². The van der Waals surface area contributed by atoms with Crippen molar-refractivity contribution in [3.8, 4) is 0 Å². The van der Waals surface area contributed by atoms with Crippen molar-refractivity contribution in [3.63, 3.8) is 0 Å². The lowest BCUT2D eigenvalue weighted by atomic mass is 9.78. The van der Waals surface area contributed by atoms with E-state index in [1.165, 1.54) is 36.8 Å². The molecule has 0 spiro atoms. The zero-order valence-electron chi connectivity index (χ0n) is 12.6. The number of benzene rings is 1. The molecule has 1 amide bonds. The molecule has 1 heterocycles. The van der Waals surface area contributed by atoms with Gasteiger partial charge >= 0.3 is 0 Å². The monoisotopic (exact) mass is 284 g/mol. The third-order valence-electron chi connectivity index (χ3n) is 5.79. The van der Waals surface area contributed by atoms with Gasteiger partial charge in [-0.2, -0.15) is 0 Å². The lowest BCUT2D eigenvalue weighted by molar-refractivity contribution is 0.0783. The molecule has 3 unspecified atom stereocenters. The molecule has 0 bridgehead atoms. The van der Waals surface area contributed by atoms with Crippen LogP contribution in [0.4, 0.5) is 0 Å². The van der Waals surface area contributed by atoms with Crippen LogP contribution >= 0.6 is 0 Å². The number of nitrogens with two attached hydrogens (primary N) is 1. The summed E-state index contributed by atoms with van der Waals surface area (Å²) in [6.45, 7) is 1.77. The van der Waals surface area contributed by atoms with Gasteiger partial charge in [-0.3, -0.25) is 4.79 Å². The van der Waals surface area contributed by atoms with Gasteiger partial charge in [0.1, 0.15) is 0 Å². The van der Waals surface area contributed by atoms with E-state index in [1.807, 2.05) is 6.07 Å². The van der Waals surface area contributed by atoms with E-state index in [4.69, 9.17) is 5.73 Å². The SMILES string of the molecule is NC1CCCC2CN(C(=O)c3ccc4c(c3)CCC4)CC12. The quantitative estimate of drug-likeness (QED) is 0.860. The molecule has 21 heavy (non-hydrogen) atoms. The van der Waals surface area contributed by atoms with Gasteiger partial charge in [0.05, 0.1) is 0 Å². The van der Waals surface area contributed by atoms with Crippen LogP contribution in [0, 0.1) is 11.8 Å². The van der Waals surface area contributed by atoms with Gasteiger partial charge in [0.2, 0.25) is 0 Å². The molecule has 1 saturated carbocycles. The molecule has 2 fully saturated rings. The highest BCUT2D eigenvalue weighted by atomic mass is 16.2. The van der Waals surface area contributed by atoms with Crippen molar-refractivity contribution in [2.45, 2.75) is 44.6 Å². The summed E-state index contributed by atoms with van der Waals surface area (Å²) in [5.41, 5.74) is 9.95. The highest BCUT2D eigenvalue weighted by molar-refractivity contribution is 5.94. The van der Waals surface area contributed by atoms with Gasteiger partial charge < -0.3 is 10.6 Å². The first-order valence-corrected chi connectivity index (χ1v) is 8.39. The van der Waals surface area contributed by atoms with Crippen molar-refractivity contribution < 1.29 is 4.79 Å². The fraction of sp³-hybridized carbons (Fsp3) is 0.611. The minimum Gasteiger partial charge on any atom is -0.338 e. The number of nitrogens with zero attached hydrogens (tertiary/aromatic N) is 1. The number of aryl methyl sites for hydroxylation is 2. The Morgan fingerprint density at radius 3 is 2.81 bits per heavy atom. The molecule has 3 nitrogen and oxygen atoms in total. The Bertz CT molecular complexity index is 568. The number of amides is 1. The predicted molar refractivity (Wildman–Crippen MR) is 83.2 cm³/mol. The Morgan fingerprint density at radius 2 is 1.95 bits per heavy atom. The molecule has 0 aromatic heterocycles. The molecule has 1 aliphatic heterocycles. The molecule has 0 radical (unpaired) electrons. The Morgan fingerprint density at radius 1 is 1.10 bits per heavy atom. The van der Waals surface area contributed by atoms with Crippen LogP contribution in [0.2, 0.25) is 0 Å². The highest BCUT2D eigenvalue weighted by Gasteiger charge is 2.40. The minimum absolute atomic E-state index is 0.214. The first-order valence-electron chi connectivity index (χ1n) is 8.39. The van der Waals surface area contributed by atoms with Crippen molar-refractivity contribution in [1.82, 2.24) is 4.90 Å². The lowest BCUT2D eigenvalue weighted by Crippen LogP contribution is -2.38. The number of carbonyl (C=O) groups excluding carboxylic acids is 1. The van der Waals surface area contributed by atoms with Gasteiger partial charge in [-0.15, -0.1) is 0 Å². The topological polar surface area (TPSA) is 46.3 Å². The largest absolute Gasteiger partial charge is 0.338 e. The molecule has 1 saturated heterocycles. The Kier molecular flexibility index (Phi) is 3.26. The number of likely N-dealkylation sites (tertiary alicyclic amines) is 1. The molecule has 4 rings (SSSR count). The van der Waals surface area contributed by atoms with Crippen LogP contribution in [0.15, 0.2) is 18.2 Å². The maximum Gasteiger partial charge on any atom is 0.253 e. The molecule has 1 aromatic rings. The number of hydrogen-bond acceptors (Lipinski definition) is 2. The second kappa shape index (κ2) is 5.13. The summed E-state index contributed by atoms with van der Waals surface area (Å²) in [5, 5.41) is 0. The van der Waals surface area contributed by atoms with Gasteiger partial charge in [-0.1, -0.05) is 12.5 Å². The molecule has 2 aliphatic carbocycles. The summed E-state index contributed by atoms with van der Waals surface area (Å²) >= 11 is 0. The van der Waals surface area contributed by atoms with Crippen molar-refractivity contribution in [1.29, 1.82) is 0 Å². The summed E-state index contributed by atoms with van der Waals surface area (Å²) in [7, 11) is 0. The number of hydrogen-bond donors (Lipinski definition) is 1. The molecule has 3 heteroatoms. The molecular weight excluding hydrogens is 260 g/mol. The summed E-state index contributed by atoms with van der Waals surface area (Å²) in [4.78, 5) is 14.8. The fourth-order valence-corrected chi connectivity index (χ4v) is 4.57. The van der Waals surface area contributed by atoms with E-state index in [2.05, 4.69) is 17.0 Å². The van der Waals surface area contributed by atoms with Crippen LogP contribution in [0.5, 0.6) is 0 Å². The molecular formula is C18H24N2O. The Labute approximate surface area is 126 Å². The van der Waals surface area contributed by atoms with Crippen molar-refractivity contribution in [2.24, 2.45) is 17.6 Å². The molecule has 2 N–H and O–H groups in total. The zero-order valence-corrected chi connectivity index (χ0v) is 12.6. The van der Waals surface area contributed by atoms with E-state index in [-0.39, 0.29) is 5.91 Å². The van der Waals surface area contributed by atoms with Crippen LogP contribution in [0.3, 0.4) is 0 Å². The van der Waals surface area contributed by atoms with E-state index in [0.717, 1.165) is 31.5 Å². The Balaban J connectivity index is 1.53.